The number of aliphatic hydroxyl groups is 1. The summed E-state index contributed by atoms with van der Waals surface area (Å²) >= 11 is 0. The maximum atomic E-state index is 12.3. The molecule has 0 bridgehead atoms. The van der Waals surface area contributed by atoms with E-state index >= 15 is 0 Å². The number of carbonyl (C=O) groups excluding carboxylic acids is 1. The Morgan fingerprint density at radius 1 is 1.33 bits per heavy atom. The molecule has 0 radical (unpaired) electrons. The van der Waals surface area contributed by atoms with Gasteiger partial charge in [0.25, 0.3) is 5.91 Å². The molecule has 1 aromatic heterocycles. The molecule has 0 atom stereocenters. The largest absolute Gasteiger partial charge is 0.388 e. The van der Waals surface area contributed by atoms with E-state index in [4.69, 9.17) is 0 Å². The molecule has 4 nitrogen and oxygen atoms in total. The Kier molecular flexibility index (Phi) is 3.60. The van der Waals surface area contributed by atoms with E-state index in [2.05, 4.69) is 23.7 Å². The molecule has 4 heteroatoms. The van der Waals surface area contributed by atoms with Crippen molar-refractivity contribution in [2.45, 2.75) is 64.0 Å². The van der Waals surface area contributed by atoms with Crippen molar-refractivity contribution in [2.24, 2.45) is 5.41 Å². The summed E-state index contributed by atoms with van der Waals surface area (Å²) in [5, 5.41) is 13.6. The third-order valence-electron chi connectivity index (χ3n) is 5.06. The minimum atomic E-state index is -0.734. The van der Waals surface area contributed by atoms with Crippen molar-refractivity contribution in [1.82, 2.24) is 9.88 Å². The van der Waals surface area contributed by atoms with Crippen LogP contribution in [0.5, 0.6) is 0 Å². The second-order valence-corrected chi connectivity index (χ2v) is 7.60. The molecule has 2 aliphatic carbocycles. The molecule has 0 unspecified atom stereocenters. The van der Waals surface area contributed by atoms with Gasteiger partial charge in [0, 0.05) is 18.8 Å². The molecule has 1 amide bonds. The third-order valence-corrected chi connectivity index (χ3v) is 5.06. The first kappa shape index (κ1) is 14.6. The summed E-state index contributed by atoms with van der Waals surface area (Å²) in [6, 6.07) is 4.28. The minimum absolute atomic E-state index is 0.0647. The van der Waals surface area contributed by atoms with Gasteiger partial charge in [-0.3, -0.25) is 4.79 Å². The average molecular weight is 290 g/mol. The first-order chi connectivity index (χ1) is 9.89. The van der Waals surface area contributed by atoms with Crippen molar-refractivity contribution in [2.75, 3.05) is 6.54 Å². The molecule has 1 aromatic rings. The first-order valence-electron chi connectivity index (χ1n) is 8.06. The highest BCUT2D eigenvalue weighted by atomic mass is 16.3. The van der Waals surface area contributed by atoms with Gasteiger partial charge in [-0.25, -0.2) is 0 Å². The molecule has 2 aliphatic rings. The molecule has 116 valence electrons. The highest BCUT2D eigenvalue weighted by molar-refractivity contribution is 5.92. The monoisotopic (exact) mass is 290 g/mol. The summed E-state index contributed by atoms with van der Waals surface area (Å²) in [5.74, 6) is -0.0647. The van der Waals surface area contributed by atoms with Crippen LogP contribution in [0.4, 0.5) is 0 Å². The van der Waals surface area contributed by atoms with Crippen molar-refractivity contribution in [3.8, 4) is 0 Å². The summed E-state index contributed by atoms with van der Waals surface area (Å²) in [4.78, 5) is 12.3. The lowest BCUT2D eigenvalue weighted by molar-refractivity contribution is -0.0233. The molecule has 0 aromatic carbocycles. The maximum Gasteiger partial charge on any atom is 0.268 e. The van der Waals surface area contributed by atoms with Crippen molar-refractivity contribution in [3.63, 3.8) is 0 Å². The van der Waals surface area contributed by atoms with Gasteiger partial charge in [0.1, 0.15) is 5.69 Å². The second-order valence-electron chi connectivity index (χ2n) is 7.60. The quantitative estimate of drug-likeness (QED) is 0.896. The van der Waals surface area contributed by atoms with Crippen LogP contribution in [0.2, 0.25) is 0 Å². The fraction of sp³-hybridized carbons (Fsp3) is 0.706. The summed E-state index contributed by atoms with van der Waals surface area (Å²) in [6.45, 7) is 4.85. The van der Waals surface area contributed by atoms with E-state index in [1.165, 1.54) is 0 Å². The van der Waals surface area contributed by atoms with E-state index in [1.54, 1.807) is 0 Å². The minimum Gasteiger partial charge on any atom is -0.388 e. The number of nitrogens with one attached hydrogen (secondary N) is 1. The standard InChI is InChI=1S/C17H26N2O2/c1-16(2)7-9-17(21,10-8-16)12-18-15(20)14-4-3-11-19(14)13-5-6-13/h3-4,11,13,21H,5-10,12H2,1-2H3,(H,18,20). The van der Waals surface area contributed by atoms with Crippen molar-refractivity contribution >= 4 is 5.91 Å². The van der Waals surface area contributed by atoms with Gasteiger partial charge >= 0.3 is 0 Å². The van der Waals surface area contributed by atoms with E-state index < -0.39 is 5.60 Å². The van der Waals surface area contributed by atoms with Crippen LogP contribution in [-0.4, -0.2) is 27.7 Å². The van der Waals surface area contributed by atoms with Gasteiger partial charge in [-0.05, 0) is 56.1 Å². The highest BCUT2D eigenvalue weighted by Gasteiger charge is 2.37. The third kappa shape index (κ3) is 3.31. The van der Waals surface area contributed by atoms with Crippen LogP contribution in [0.15, 0.2) is 18.3 Å². The van der Waals surface area contributed by atoms with E-state index in [-0.39, 0.29) is 5.91 Å². The number of hydrogen-bond donors (Lipinski definition) is 2. The predicted octanol–water partition coefficient (Wildman–Crippen LogP) is 2.88. The summed E-state index contributed by atoms with van der Waals surface area (Å²) in [7, 11) is 0. The summed E-state index contributed by atoms with van der Waals surface area (Å²) in [6.07, 6.45) is 7.86. The first-order valence-corrected chi connectivity index (χ1v) is 8.06. The molecule has 3 rings (SSSR count). The van der Waals surface area contributed by atoms with Gasteiger partial charge in [-0.1, -0.05) is 13.8 Å². The van der Waals surface area contributed by atoms with Gasteiger partial charge in [0.15, 0.2) is 0 Å². The lowest BCUT2D eigenvalue weighted by Crippen LogP contribution is -2.46. The Hall–Kier alpha value is -1.29. The van der Waals surface area contributed by atoms with Crippen LogP contribution in [0.3, 0.4) is 0 Å². The van der Waals surface area contributed by atoms with Crippen LogP contribution >= 0.6 is 0 Å². The Morgan fingerprint density at radius 3 is 2.62 bits per heavy atom. The molecule has 2 fully saturated rings. The van der Waals surface area contributed by atoms with Crippen molar-refractivity contribution < 1.29 is 9.90 Å². The normalized spacial score (nSPS) is 23.8. The Balaban J connectivity index is 1.57. The Bertz CT molecular complexity index is 519. The number of carbonyl (C=O) groups is 1. The SMILES string of the molecule is CC1(C)CCC(O)(CNC(=O)c2cccn2C2CC2)CC1. The highest BCUT2D eigenvalue weighted by Crippen LogP contribution is 2.40. The van der Waals surface area contributed by atoms with Gasteiger partial charge in [-0.2, -0.15) is 0 Å². The molecule has 0 spiro atoms. The fourth-order valence-electron chi connectivity index (χ4n) is 3.16. The average Bonchev–Trinajstić information content (AvgIpc) is 3.17. The zero-order valence-corrected chi connectivity index (χ0v) is 13.1. The van der Waals surface area contributed by atoms with E-state index in [0.29, 0.717) is 18.0 Å². The van der Waals surface area contributed by atoms with Crippen LogP contribution in [0, 0.1) is 5.41 Å². The second kappa shape index (κ2) is 5.16. The van der Waals surface area contributed by atoms with Gasteiger partial charge in [0.2, 0.25) is 0 Å². The van der Waals surface area contributed by atoms with E-state index in [0.717, 1.165) is 44.2 Å². The van der Waals surface area contributed by atoms with Crippen LogP contribution in [0.25, 0.3) is 0 Å². The van der Waals surface area contributed by atoms with Crippen molar-refractivity contribution in [1.29, 1.82) is 0 Å². The lowest BCUT2D eigenvalue weighted by atomic mass is 9.71. The van der Waals surface area contributed by atoms with Crippen molar-refractivity contribution in [3.05, 3.63) is 24.0 Å². The molecule has 0 saturated heterocycles. The number of amides is 1. The topological polar surface area (TPSA) is 54.3 Å². The van der Waals surface area contributed by atoms with E-state index in [9.17, 15) is 9.90 Å². The Labute approximate surface area is 126 Å². The zero-order chi connectivity index (χ0) is 15.1. The molecule has 2 N–H and O–H groups in total. The Morgan fingerprint density at radius 2 is 2.00 bits per heavy atom. The summed E-state index contributed by atoms with van der Waals surface area (Å²) in [5.41, 5.74) is 0.302. The van der Waals surface area contributed by atoms with Gasteiger partial charge in [-0.15, -0.1) is 0 Å². The zero-order valence-electron chi connectivity index (χ0n) is 13.1. The smallest absolute Gasteiger partial charge is 0.268 e. The van der Waals surface area contributed by atoms with Gasteiger partial charge < -0.3 is 15.0 Å². The molecule has 0 aliphatic heterocycles. The number of aromatic nitrogens is 1. The van der Waals surface area contributed by atoms with Crippen LogP contribution < -0.4 is 5.32 Å². The lowest BCUT2D eigenvalue weighted by Gasteiger charge is -2.40. The molecule has 1 heterocycles. The number of rotatable bonds is 4. The fourth-order valence-corrected chi connectivity index (χ4v) is 3.16. The van der Waals surface area contributed by atoms with E-state index in [1.807, 2.05) is 18.3 Å². The molecule has 21 heavy (non-hydrogen) atoms. The molecular formula is C17H26N2O2. The number of hydrogen-bond acceptors (Lipinski definition) is 2. The summed E-state index contributed by atoms with van der Waals surface area (Å²) < 4.78 is 2.06. The number of nitrogens with zero attached hydrogens (tertiary/aromatic N) is 1. The maximum absolute atomic E-state index is 12.3. The van der Waals surface area contributed by atoms with Crippen LogP contribution in [-0.2, 0) is 0 Å². The molecule has 2 saturated carbocycles. The van der Waals surface area contributed by atoms with Gasteiger partial charge in [0.05, 0.1) is 5.60 Å². The predicted molar refractivity (Wildman–Crippen MR) is 82.2 cm³/mol. The van der Waals surface area contributed by atoms with Crippen LogP contribution in [0.1, 0.15) is 68.9 Å². The molecular weight excluding hydrogens is 264 g/mol.